The highest BCUT2D eigenvalue weighted by atomic mass is 16.6. The van der Waals surface area contributed by atoms with Crippen LogP contribution in [0.1, 0.15) is 142 Å². The molecule has 0 aliphatic carbocycles. The van der Waals surface area contributed by atoms with Gasteiger partial charge in [-0.25, -0.2) is 0 Å². The summed E-state index contributed by atoms with van der Waals surface area (Å²) >= 11 is 0. The molecule has 0 rings (SSSR count). The first-order valence-corrected chi connectivity index (χ1v) is 18.9. The van der Waals surface area contributed by atoms with Crippen LogP contribution in [-0.4, -0.2) is 36.4 Å². The number of hydrogen-bond donors (Lipinski definition) is 1. The maximum Gasteiger partial charge on any atom is 0.306 e. The lowest BCUT2D eigenvalue weighted by atomic mass is 10.0. The van der Waals surface area contributed by atoms with E-state index in [0.29, 0.717) is 12.8 Å². The number of aliphatic hydroxyl groups excluding tert-OH is 1. The summed E-state index contributed by atoms with van der Waals surface area (Å²) in [5, 5.41) is 9.53. The summed E-state index contributed by atoms with van der Waals surface area (Å²) < 4.78 is 10.5. The molecule has 1 unspecified atom stereocenters. The predicted molar refractivity (Wildman–Crippen MR) is 205 cm³/mol. The molecule has 0 amide bonds. The topological polar surface area (TPSA) is 72.8 Å². The van der Waals surface area contributed by atoms with Crippen LogP contribution in [0.25, 0.3) is 0 Å². The van der Waals surface area contributed by atoms with Gasteiger partial charge in [0.2, 0.25) is 0 Å². The van der Waals surface area contributed by atoms with Crippen LogP contribution in [0.2, 0.25) is 0 Å². The van der Waals surface area contributed by atoms with E-state index < -0.39 is 6.10 Å². The monoisotopic (exact) mass is 665 g/mol. The Bertz CT molecular complexity index is 979. The Morgan fingerprint density at radius 2 is 0.958 bits per heavy atom. The van der Waals surface area contributed by atoms with Gasteiger partial charge in [-0.3, -0.25) is 9.59 Å². The van der Waals surface area contributed by atoms with Crippen molar-refractivity contribution in [2.45, 2.75) is 148 Å². The smallest absolute Gasteiger partial charge is 0.306 e. The van der Waals surface area contributed by atoms with Crippen LogP contribution in [0.4, 0.5) is 0 Å². The highest BCUT2D eigenvalue weighted by Gasteiger charge is 2.16. The number of carbonyl (C=O) groups is 2. The number of unbranched alkanes of at least 4 members (excludes halogenated alkanes) is 12. The molecule has 0 saturated carbocycles. The van der Waals surface area contributed by atoms with Crippen LogP contribution in [0.5, 0.6) is 0 Å². The third kappa shape index (κ3) is 35.7. The minimum Gasteiger partial charge on any atom is -0.462 e. The second kappa shape index (κ2) is 38.3. The van der Waals surface area contributed by atoms with Crippen LogP contribution in [0, 0.1) is 0 Å². The molecule has 1 atom stereocenters. The van der Waals surface area contributed by atoms with Gasteiger partial charge < -0.3 is 14.6 Å². The minimum atomic E-state index is -0.807. The van der Waals surface area contributed by atoms with Crippen molar-refractivity contribution in [2.75, 3.05) is 13.2 Å². The van der Waals surface area contributed by atoms with E-state index in [0.717, 1.165) is 51.4 Å². The van der Waals surface area contributed by atoms with Crippen molar-refractivity contribution in [3.05, 3.63) is 97.2 Å². The Morgan fingerprint density at radius 1 is 0.500 bits per heavy atom. The van der Waals surface area contributed by atoms with E-state index >= 15 is 0 Å². The Hall–Kier alpha value is -3.18. The molecule has 0 heterocycles. The normalized spacial score (nSPS) is 13.3. The molecule has 0 aliphatic rings. The molecule has 0 saturated heterocycles. The Labute approximate surface area is 294 Å². The van der Waals surface area contributed by atoms with Crippen molar-refractivity contribution in [3.8, 4) is 0 Å². The SMILES string of the molecule is CC/C=C/C=C/C=C/C=C/C=C/CCCC(=O)OCC(CO)OC(=O)CCCCCCCCCCCCC/C=C/C/C=C/C/C=C/CC. The number of carbonyl (C=O) groups excluding carboxylic acids is 2. The average Bonchev–Trinajstić information content (AvgIpc) is 3.09. The van der Waals surface area contributed by atoms with Crippen molar-refractivity contribution in [1.29, 1.82) is 0 Å². The van der Waals surface area contributed by atoms with Crippen molar-refractivity contribution in [3.63, 3.8) is 0 Å². The fourth-order valence-electron chi connectivity index (χ4n) is 4.71. The molecule has 5 nitrogen and oxygen atoms in total. The highest BCUT2D eigenvalue weighted by Crippen LogP contribution is 2.13. The lowest BCUT2D eigenvalue weighted by Gasteiger charge is -2.15. The molecule has 0 aromatic carbocycles. The molecule has 0 spiro atoms. The lowest BCUT2D eigenvalue weighted by Crippen LogP contribution is -2.28. The van der Waals surface area contributed by atoms with Crippen molar-refractivity contribution in [1.82, 2.24) is 0 Å². The van der Waals surface area contributed by atoms with Crippen LogP contribution in [0.3, 0.4) is 0 Å². The molecule has 0 aromatic rings. The van der Waals surface area contributed by atoms with Gasteiger partial charge in [0.15, 0.2) is 6.10 Å². The van der Waals surface area contributed by atoms with E-state index in [-0.39, 0.29) is 31.6 Å². The molecule has 48 heavy (non-hydrogen) atoms. The summed E-state index contributed by atoms with van der Waals surface area (Å²) in [7, 11) is 0. The second-order valence-corrected chi connectivity index (χ2v) is 12.0. The number of rotatable bonds is 32. The Balaban J connectivity index is 3.66. The molecule has 0 aromatic heterocycles. The number of ether oxygens (including phenoxy) is 2. The fraction of sp³-hybridized carbons (Fsp3) is 0.581. The van der Waals surface area contributed by atoms with Gasteiger partial charge in [-0.2, -0.15) is 0 Å². The molecule has 5 heteroatoms. The van der Waals surface area contributed by atoms with Crippen LogP contribution >= 0.6 is 0 Å². The average molecular weight is 665 g/mol. The van der Waals surface area contributed by atoms with E-state index in [1.807, 2.05) is 54.7 Å². The summed E-state index contributed by atoms with van der Waals surface area (Å²) in [6.07, 6.45) is 53.3. The maximum absolute atomic E-state index is 12.2. The van der Waals surface area contributed by atoms with Gasteiger partial charge in [0.05, 0.1) is 6.61 Å². The molecule has 0 fully saturated rings. The third-order valence-corrected chi connectivity index (χ3v) is 7.50. The first-order chi connectivity index (χ1) is 23.6. The number of hydrogen-bond acceptors (Lipinski definition) is 5. The summed E-state index contributed by atoms with van der Waals surface area (Å²) in [5.41, 5.74) is 0. The van der Waals surface area contributed by atoms with Crippen LogP contribution in [0.15, 0.2) is 97.2 Å². The van der Waals surface area contributed by atoms with Gasteiger partial charge in [0.25, 0.3) is 0 Å². The van der Waals surface area contributed by atoms with Gasteiger partial charge in [0.1, 0.15) is 6.61 Å². The van der Waals surface area contributed by atoms with Crippen LogP contribution in [-0.2, 0) is 19.1 Å². The molecule has 1 N–H and O–H groups in total. The van der Waals surface area contributed by atoms with E-state index in [2.05, 4.69) is 56.4 Å². The van der Waals surface area contributed by atoms with E-state index in [9.17, 15) is 14.7 Å². The summed E-state index contributed by atoms with van der Waals surface area (Å²) in [6.45, 7) is 3.79. The summed E-state index contributed by atoms with van der Waals surface area (Å²) in [4.78, 5) is 24.2. The molecule has 0 aliphatic heterocycles. The van der Waals surface area contributed by atoms with E-state index in [1.165, 1.54) is 57.8 Å². The summed E-state index contributed by atoms with van der Waals surface area (Å²) in [6, 6.07) is 0. The molecule has 0 bridgehead atoms. The number of esters is 2. The Kier molecular flexibility index (Phi) is 35.7. The van der Waals surface area contributed by atoms with E-state index in [1.54, 1.807) is 0 Å². The Morgan fingerprint density at radius 3 is 1.54 bits per heavy atom. The fourth-order valence-corrected chi connectivity index (χ4v) is 4.71. The van der Waals surface area contributed by atoms with Crippen molar-refractivity contribution < 1.29 is 24.2 Å². The number of aliphatic hydroxyl groups is 1. The zero-order chi connectivity index (χ0) is 35.0. The molecular formula is C43H68O5. The zero-order valence-electron chi connectivity index (χ0n) is 30.5. The van der Waals surface area contributed by atoms with Gasteiger partial charge in [-0.05, 0) is 57.8 Å². The first-order valence-electron chi connectivity index (χ1n) is 18.9. The van der Waals surface area contributed by atoms with Gasteiger partial charge in [-0.15, -0.1) is 0 Å². The standard InChI is InChI=1S/C43H68O5/c1-3-5-7-9-11-13-15-17-18-19-20-21-22-23-24-26-28-30-32-34-36-38-43(46)48-41(39-44)40-47-42(45)37-35-33-31-29-27-25-16-14-12-10-8-6-4-2/h5-8,10-14,16-18,25,27,29,31,41,44H,3-4,9,15,19-24,26,28,30,32-40H2,1-2H3/b7-5+,8-6+,12-10+,13-11+,16-14+,18-17+,27-25+,31-29+. The predicted octanol–water partition coefficient (Wildman–Crippen LogP) is 11.7. The second-order valence-electron chi connectivity index (χ2n) is 12.0. The largest absolute Gasteiger partial charge is 0.462 e. The molecule has 0 radical (unpaired) electrons. The zero-order valence-corrected chi connectivity index (χ0v) is 30.5. The van der Waals surface area contributed by atoms with Gasteiger partial charge >= 0.3 is 11.9 Å². The van der Waals surface area contributed by atoms with Gasteiger partial charge in [-0.1, -0.05) is 169 Å². The lowest BCUT2D eigenvalue weighted by molar-refractivity contribution is -0.161. The first kappa shape index (κ1) is 44.8. The minimum absolute atomic E-state index is 0.110. The van der Waals surface area contributed by atoms with Crippen LogP contribution < -0.4 is 0 Å². The van der Waals surface area contributed by atoms with E-state index in [4.69, 9.17) is 9.47 Å². The van der Waals surface area contributed by atoms with Crippen molar-refractivity contribution >= 4 is 11.9 Å². The maximum atomic E-state index is 12.2. The highest BCUT2D eigenvalue weighted by molar-refractivity contribution is 5.70. The molecular weight excluding hydrogens is 596 g/mol. The summed E-state index contributed by atoms with van der Waals surface area (Å²) in [5.74, 6) is -0.691. The van der Waals surface area contributed by atoms with Gasteiger partial charge in [0, 0.05) is 12.8 Å². The third-order valence-electron chi connectivity index (χ3n) is 7.50. The number of allylic oxidation sites excluding steroid dienone is 16. The molecule has 270 valence electrons. The van der Waals surface area contributed by atoms with Crippen molar-refractivity contribution in [2.24, 2.45) is 0 Å². The quantitative estimate of drug-likeness (QED) is 0.0335.